The van der Waals surface area contributed by atoms with Gasteiger partial charge in [-0.1, -0.05) is 48.0 Å². The number of aryl methyl sites for hydroxylation is 1. The number of hydrogen-bond acceptors (Lipinski definition) is 2. The largest absolute Gasteiger partial charge is 0.309 e. The molecule has 0 amide bonds. The SMILES string of the molecule is CCCNC(Cc1ccccc1Br)c1sccc1CC. The van der Waals surface area contributed by atoms with Crippen molar-refractivity contribution in [3.63, 3.8) is 0 Å². The second-order valence-corrected chi connectivity index (χ2v) is 6.77. The third-order valence-electron chi connectivity index (χ3n) is 3.50. The van der Waals surface area contributed by atoms with Crippen molar-refractivity contribution in [2.75, 3.05) is 6.54 Å². The molecule has 1 aromatic carbocycles. The van der Waals surface area contributed by atoms with Gasteiger partial charge in [0.05, 0.1) is 0 Å². The molecule has 0 spiro atoms. The highest BCUT2D eigenvalue weighted by Gasteiger charge is 2.17. The topological polar surface area (TPSA) is 12.0 Å². The van der Waals surface area contributed by atoms with E-state index in [-0.39, 0.29) is 0 Å². The molecule has 0 saturated carbocycles. The van der Waals surface area contributed by atoms with Gasteiger partial charge in [0.15, 0.2) is 0 Å². The molecule has 3 heteroatoms. The van der Waals surface area contributed by atoms with E-state index < -0.39 is 0 Å². The summed E-state index contributed by atoms with van der Waals surface area (Å²) in [6, 6.07) is 11.2. The van der Waals surface area contributed by atoms with E-state index in [2.05, 4.69) is 70.8 Å². The lowest BCUT2D eigenvalue weighted by atomic mass is 10.0. The summed E-state index contributed by atoms with van der Waals surface area (Å²) in [5, 5.41) is 5.93. The lowest BCUT2D eigenvalue weighted by Crippen LogP contribution is -2.24. The molecule has 1 nitrogen and oxygen atoms in total. The molecule has 1 unspecified atom stereocenters. The van der Waals surface area contributed by atoms with Gasteiger partial charge in [-0.2, -0.15) is 0 Å². The summed E-state index contributed by atoms with van der Waals surface area (Å²) in [6.07, 6.45) is 3.31. The smallest absolute Gasteiger partial charge is 0.0458 e. The van der Waals surface area contributed by atoms with E-state index >= 15 is 0 Å². The molecule has 108 valence electrons. The Kier molecular flexibility index (Phi) is 6.27. The predicted molar refractivity (Wildman–Crippen MR) is 92.6 cm³/mol. The van der Waals surface area contributed by atoms with Crippen LogP contribution in [0.15, 0.2) is 40.2 Å². The Morgan fingerprint density at radius 3 is 2.65 bits per heavy atom. The number of hydrogen-bond donors (Lipinski definition) is 1. The molecule has 0 fully saturated rings. The van der Waals surface area contributed by atoms with Crippen LogP contribution in [-0.2, 0) is 12.8 Å². The molecule has 0 aliphatic rings. The average Bonchev–Trinajstić information content (AvgIpc) is 2.93. The zero-order valence-corrected chi connectivity index (χ0v) is 14.6. The Balaban J connectivity index is 2.22. The molecule has 0 bridgehead atoms. The summed E-state index contributed by atoms with van der Waals surface area (Å²) >= 11 is 5.55. The van der Waals surface area contributed by atoms with E-state index in [0.717, 1.165) is 19.4 Å². The molecule has 20 heavy (non-hydrogen) atoms. The average molecular weight is 352 g/mol. The van der Waals surface area contributed by atoms with Crippen LogP contribution in [0.2, 0.25) is 0 Å². The standard InChI is InChI=1S/C17H22BrNS/c1-3-10-19-16(17-13(4-2)9-11-20-17)12-14-7-5-6-8-15(14)18/h5-9,11,16,19H,3-4,10,12H2,1-2H3. The van der Waals surface area contributed by atoms with Gasteiger partial charge >= 0.3 is 0 Å². The minimum Gasteiger partial charge on any atom is -0.309 e. The van der Waals surface area contributed by atoms with Crippen molar-refractivity contribution in [3.05, 3.63) is 56.2 Å². The first-order chi connectivity index (χ1) is 9.76. The summed E-state index contributed by atoms with van der Waals surface area (Å²) in [6.45, 7) is 5.52. The van der Waals surface area contributed by atoms with E-state index in [1.54, 1.807) is 0 Å². The summed E-state index contributed by atoms with van der Waals surface area (Å²) in [4.78, 5) is 1.50. The van der Waals surface area contributed by atoms with Crippen molar-refractivity contribution in [1.82, 2.24) is 5.32 Å². The third-order valence-corrected chi connectivity index (χ3v) is 5.35. The normalized spacial score (nSPS) is 12.6. The Bertz CT molecular complexity index is 535. The number of halogens is 1. The van der Waals surface area contributed by atoms with E-state index in [1.807, 2.05) is 11.3 Å². The number of rotatable bonds is 7. The lowest BCUT2D eigenvalue weighted by molar-refractivity contribution is 0.533. The van der Waals surface area contributed by atoms with Crippen molar-refractivity contribution < 1.29 is 0 Å². The van der Waals surface area contributed by atoms with E-state index in [4.69, 9.17) is 0 Å². The van der Waals surface area contributed by atoms with Crippen LogP contribution < -0.4 is 5.32 Å². The summed E-state index contributed by atoms with van der Waals surface area (Å²) in [5.74, 6) is 0. The van der Waals surface area contributed by atoms with Gasteiger partial charge in [-0.05, 0) is 54.4 Å². The van der Waals surface area contributed by atoms with Gasteiger partial charge in [-0.15, -0.1) is 11.3 Å². The predicted octanol–water partition coefficient (Wildman–Crippen LogP) is 5.36. The lowest BCUT2D eigenvalue weighted by Gasteiger charge is -2.20. The third kappa shape index (κ3) is 3.94. The van der Waals surface area contributed by atoms with E-state index in [0.29, 0.717) is 6.04 Å². The maximum Gasteiger partial charge on any atom is 0.0458 e. The molecule has 1 heterocycles. The van der Waals surface area contributed by atoms with Gasteiger partial charge in [-0.25, -0.2) is 0 Å². The molecule has 1 aromatic heterocycles. The first kappa shape index (κ1) is 15.7. The second-order valence-electron chi connectivity index (χ2n) is 4.97. The van der Waals surface area contributed by atoms with Gasteiger partial charge in [-0.3, -0.25) is 0 Å². The maximum absolute atomic E-state index is 3.71. The van der Waals surface area contributed by atoms with Crippen molar-refractivity contribution in [3.8, 4) is 0 Å². The number of thiophene rings is 1. The van der Waals surface area contributed by atoms with Crippen LogP contribution in [0.25, 0.3) is 0 Å². The molecule has 2 aromatic rings. The number of benzene rings is 1. The first-order valence-electron chi connectivity index (χ1n) is 7.29. The molecular weight excluding hydrogens is 330 g/mol. The highest BCUT2D eigenvalue weighted by molar-refractivity contribution is 9.10. The number of nitrogens with one attached hydrogen (secondary N) is 1. The molecule has 1 atom stereocenters. The fourth-order valence-corrected chi connectivity index (χ4v) is 3.93. The zero-order chi connectivity index (χ0) is 14.4. The van der Waals surface area contributed by atoms with Crippen LogP contribution in [0.5, 0.6) is 0 Å². The van der Waals surface area contributed by atoms with Crippen molar-refractivity contribution in [2.45, 2.75) is 39.2 Å². The van der Waals surface area contributed by atoms with Crippen LogP contribution in [-0.4, -0.2) is 6.54 Å². The van der Waals surface area contributed by atoms with Crippen LogP contribution >= 0.6 is 27.3 Å². The van der Waals surface area contributed by atoms with E-state index in [9.17, 15) is 0 Å². The molecule has 2 rings (SSSR count). The molecule has 1 N–H and O–H groups in total. The highest BCUT2D eigenvalue weighted by Crippen LogP contribution is 2.30. The monoisotopic (exact) mass is 351 g/mol. The van der Waals surface area contributed by atoms with Crippen LogP contribution in [0.4, 0.5) is 0 Å². The molecule has 0 aliphatic carbocycles. The molecule has 0 aliphatic heterocycles. The summed E-state index contributed by atoms with van der Waals surface area (Å²) in [7, 11) is 0. The van der Waals surface area contributed by atoms with Gasteiger partial charge in [0.25, 0.3) is 0 Å². The Labute approximate surface area is 134 Å². The maximum atomic E-state index is 3.71. The first-order valence-corrected chi connectivity index (χ1v) is 8.96. The van der Waals surface area contributed by atoms with Crippen LogP contribution in [0.1, 0.15) is 42.3 Å². The van der Waals surface area contributed by atoms with Crippen molar-refractivity contribution in [1.29, 1.82) is 0 Å². The van der Waals surface area contributed by atoms with Gasteiger partial charge < -0.3 is 5.32 Å². The summed E-state index contributed by atoms with van der Waals surface area (Å²) < 4.78 is 1.21. The van der Waals surface area contributed by atoms with Crippen molar-refractivity contribution >= 4 is 27.3 Å². The fourth-order valence-electron chi connectivity index (χ4n) is 2.41. The highest BCUT2D eigenvalue weighted by atomic mass is 79.9. The quantitative estimate of drug-likeness (QED) is 0.708. The Morgan fingerprint density at radius 2 is 1.95 bits per heavy atom. The second kappa shape index (κ2) is 7.96. The van der Waals surface area contributed by atoms with Crippen molar-refractivity contribution in [2.24, 2.45) is 0 Å². The molecular formula is C17H22BrNS. The van der Waals surface area contributed by atoms with Gasteiger partial charge in [0.2, 0.25) is 0 Å². The Morgan fingerprint density at radius 1 is 1.15 bits per heavy atom. The van der Waals surface area contributed by atoms with Crippen LogP contribution in [0, 0.1) is 0 Å². The zero-order valence-electron chi connectivity index (χ0n) is 12.2. The fraction of sp³-hybridized carbons (Fsp3) is 0.412. The van der Waals surface area contributed by atoms with Gasteiger partial charge in [0, 0.05) is 15.4 Å². The molecule has 0 radical (unpaired) electrons. The molecule has 0 saturated heterocycles. The Hall–Kier alpha value is -0.640. The minimum atomic E-state index is 0.420. The summed E-state index contributed by atoms with van der Waals surface area (Å²) in [5.41, 5.74) is 2.85. The minimum absolute atomic E-state index is 0.420. The van der Waals surface area contributed by atoms with Gasteiger partial charge in [0.1, 0.15) is 0 Å². The van der Waals surface area contributed by atoms with Crippen LogP contribution in [0.3, 0.4) is 0 Å². The van der Waals surface area contributed by atoms with E-state index in [1.165, 1.54) is 26.9 Å².